The highest BCUT2D eigenvalue weighted by molar-refractivity contribution is 5.44. The molecule has 0 bridgehead atoms. The maximum atomic E-state index is 12.5. The van der Waals surface area contributed by atoms with E-state index in [-0.39, 0.29) is 11.4 Å². The quantitative estimate of drug-likeness (QED) is 0.713. The van der Waals surface area contributed by atoms with Gasteiger partial charge in [-0.15, -0.1) is 0 Å². The molecule has 0 aliphatic carbocycles. The lowest BCUT2D eigenvalue weighted by molar-refractivity contribution is -0.141. The lowest BCUT2D eigenvalue weighted by atomic mass is 10.2. The molecule has 0 saturated carbocycles. The predicted octanol–water partition coefficient (Wildman–Crippen LogP) is 1.25. The van der Waals surface area contributed by atoms with Gasteiger partial charge in [-0.2, -0.15) is 13.2 Å². The third-order valence-corrected chi connectivity index (χ3v) is 1.67. The van der Waals surface area contributed by atoms with Gasteiger partial charge in [0.25, 0.3) is 0 Å². The van der Waals surface area contributed by atoms with E-state index in [1.54, 1.807) is 7.05 Å². The van der Waals surface area contributed by atoms with Crippen LogP contribution in [-0.4, -0.2) is 18.6 Å². The summed E-state index contributed by atoms with van der Waals surface area (Å²) in [5, 5.41) is 2.71. The van der Waals surface area contributed by atoms with Gasteiger partial charge in [0.05, 0.1) is 12.1 Å². The van der Waals surface area contributed by atoms with Crippen molar-refractivity contribution in [3.05, 3.63) is 23.4 Å². The van der Waals surface area contributed by atoms with Crippen LogP contribution in [0, 0.1) is 11.8 Å². The maximum absolute atomic E-state index is 12.5. The van der Waals surface area contributed by atoms with Crippen molar-refractivity contribution in [1.82, 2.24) is 10.3 Å². The van der Waals surface area contributed by atoms with Crippen LogP contribution in [-0.2, 0) is 6.18 Å². The molecule has 0 amide bonds. The van der Waals surface area contributed by atoms with Crippen molar-refractivity contribution in [2.75, 3.05) is 19.3 Å². The summed E-state index contributed by atoms with van der Waals surface area (Å²) in [6.07, 6.45) is -4.54. The molecule has 6 heteroatoms. The highest BCUT2D eigenvalue weighted by Crippen LogP contribution is 2.30. The Morgan fingerprint density at radius 3 is 2.69 bits per heavy atom. The number of nitrogens with one attached hydrogen (secondary N) is 1. The molecule has 16 heavy (non-hydrogen) atoms. The first-order valence-electron chi connectivity index (χ1n) is 4.42. The molecule has 3 nitrogen and oxygen atoms in total. The predicted molar refractivity (Wildman–Crippen MR) is 54.5 cm³/mol. The van der Waals surface area contributed by atoms with E-state index in [0.717, 1.165) is 0 Å². The smallest absolute Gasteiger partial charge is 0.384 e. The van der Waals surface area contributed by atoms with Crippen molar-refractivity contribution < 1.29 is 13.2 Å². The van der Waals surface area contributed by atoms with Gasteiger partial charge < -0.3 is 11.1 Å². The fourth-order valence-electron chi connectivity index (χ4n) is 1.02. The van der Waals surface area contributed by atoms with E-state index in [1.165, 1.54) is 12.1 Å². The zero-order chi connectivity index (χ0) is 12.2. The second-order valence-corrected chi connectivity index (χ2v) is 2.96. The number of aromatic nitrogens is 1. The maximum Gasteiger partial charge on any atom is 0.434 e. The minimum absolute atomic E-state index is 0.169. The molecule has 0 atom stereocenters. The fourth-order valence-corrected chi connectivity index (χ4v) is 1.02. The zero-order valence-electron chi connectivity index (χ0n) is 8.52. The van der Waals surface area contributed by atoms with Crippen molar-refractivity contribution in [1.29, 1.82) is 0 Å². The van der Waals surface area contributed by atoms with Gasteiger partial charge in [-0.05, 0) is 19.2 Å². The second kappa shape index (κ2) is 4.86. The van der Waals surface area contributed by atoms with Gasteiger partial charge in [-0.3, -0.25) is 0 Å². The number of nitrogens with zero attached hydrogens (tertiary/aromatic N) is 1. The van der Waals surface area contributed by atoms with Crippen LogP contribution in [0.1, 0.15) is 11.3 Å². The lowest BCUT2D eigenvalue weighted by Crippen LogP contribution is -2.12. The summed E-state index contributed by atoms with van der Waals surface area (Å²) in [4.78, 5) is 3.25. The van der Waals surface area contributed by atoms with E-state index in [9.17, 15) is 13.2 Å². The van der Waals surface area contributed by atoms with Gasteiger partial charge >= 0.3 is 6.18 Å². The molecule has 0 saturated heterocycles. The summed E-state index contributed by atoms with van der Waals surface area (Å²) >= 11 is 0. The van der Waals surface area contributed by atoms with Gasteiger partial charge in [0.15, 0.2) is 5.69 Å². The monoisotopic (exact) mass is 229 g/mol. The Labute approximate surface area is 90.9 Å². The van der Waals surface area contributed by atoms with E-state index < -0.39 is 11.9 Å². The van der Waals surface area contributed by atoms with E-state index in [2.05, 4.69) is 22.1 Å². The summed E-state index contributed by atoms with van der Waals surface area (Å²) in [5.41, 5.74) is 3.99. The van der Waals surface area contributed by atoms with Crippen molar-refractivity contribution >= 4 is 5.82 Å². The largest absolute Gasteiger partial charge is 0.434 e. The normalized spacial score (nSPS) is 10.8. The summed E-state index contributed by atoms with van der Waals surface area (Å²) in [6, 6.07) is 2.51. The number of rotatable bonds is 1. The average Bonchev–Trinajstić information content (AvgIpc) is 2.19. The highest BCUT2D eigenvalue weighted by Gasteiger charge is 2.35. The lowest BCUT2D eigenvalue weighted by Gasteiger charge is -2.08. The van der Waals surface area contributed by atoms with E-state index in [1.807, 2.05) is 0 Å². The Kier molecular flexibility index (Phi) is 3.74. The highest BCUT2D eigenvalue weighted by atomic mass is 19.4. The number of anilines is 1. The SMILES string of the molecule is CNCC#Cc1ccc(N)nc1C(F)(F)F. The molecule has 1 heterocycles. The van der Waals surface area contributed by atoms with Gasteiger partial charge in [0, 0.05) is 0 Å². The minimum Gasteiger partial charge on any atom is -0.384 e. The summed E-state index contributed by atoms with van der Waals surface area (Å²) in [7, 11) is 1.65. The Balaban J connectivity index is 3.15. The molecule has 1 aromatic rings. The molecule has 1 aromatic heterocycles. The molecular weight excluding hydrogens is 219 g/mol. The first-order valence-corrected chi connectivity index (χ1v) is 4.42. The van der Waals surface area contributed by atoms with Crippen LogP contribution in [0.15, 0.2) is 12.1 Å². The second-order valence-electron chi connectivity index (χ2n) is 2.96. The van der Waals surface area contributed by atoms with Crippen LogP contribution in [0.25, 0.3) is 0 Å². The number of alkyl halides is 3. The molecule has 0 fully saturated rings. The Morgan fingerprint density at radius 1 is 1.44 bits per heavy atom. The summed E-state index contributed by atoms with van der Waals surface area (Å²) < 4.78 is 37.6. The van der Waals surface area contributed by atoms with Crippen LogP contribution in [0.5, 0.6) is 0 Å². The summed E-state index contributed by atoms with van der Waals surface area (Å²) in [6.45, 7) is 0.307. The molecule has 0 unspecified atom stereocenters. The van der Waals surface area contributed by atoms with Crippen LogP contribution < -0.4 is 11.1 Å². The first kappa shape index (κ1) is 12.3. The van der Waals surface area contributed by atoms with Gasteiger partial charge in [-0.1, -0.05) is 11.8 Å². The minimum atomic E-state index is -4.54. The number of pyridine rings is 1. The Hall–Kier alpha value is -1.74. The van der Waals surface area contributed by atoms with Gasteiger partial charge in [0.1, 0.15) is 5.82 Å². The number of hydrogen-bond donors (Lipinski definition) is 2. The molecule has 0 spiro atoms. The van der Waals surface area contributed by atoms with Crippen molar-refractivity contribution in [2.24, 2.45) is 0 Å². The molecule has 0 radical (unpaired) electrons. The third kappa shape index (κ3) is 3.14. The van der Waals surface area contributed by atoms with Crippen molar-refractivity contribution in [2.45, 2.75) is 6.18 Å². The standard InChI is InChI=1S/C10H10F3N3/c1-15-6-2-3-7-4-5-8(14)16-9(7)10(11,12)13/h4-5,15H,6H2,1H3,(H2,14,16). The molecule has 0 aromatic carbocycles. The third-order valence-electron chi connectivity index (χ3n) is 1.67. The Bertz CT molecular complexity index is 429. The topological polar surface area (TPSA) is 50.9 Å². The number of hydrogen-bond acceptors (Lipinski definition) is 3. The molecule has 3 N–H and O–H groups in total. The van der Waals surface area contributed by atoms with Crippen LogP contribution in [0.3, 0.4) is 0 Å². The van der Waals surface area contributed by atoms with E-state index >= 15 is 0 Å². The number of nitrogen functional groups attached to an aromatic ring is 1. The molecule has 1 rings (SSSR count). The molecule has 0 aliphatic heterocycles. The molecular formula is C10H10F3N3. The average molecular weight is 229 g/mol. The van der Waals surface area contributed by atoms with E-state index in [0.29, 0.717) is 6.54 Å². The number of nitrogens with two attached hydrogens (primary N) is 1. The first-order chi connectivity index (χ1) is 7.45. The Morgan fingerprint density at radius 2 is 2.12 bits per heavy atom. The van der Waals surface area contributed by atoms with E-state index in [4.69, 9.17) is 5.73 Å². The van der Waals surface area contributed by atoms with Crippen LogP contribution >= 0.6 is 0 Å². The van der Waals surface area contributed by atoms with Crippen LogP contribution in [0.4, 0.5) is 19.0 Å². The van der Waals surface area contributed by atoms with Crippen molar-refractivity contribution in [3.63, 3.8) is 0 Å². The molecule has 86 valence electrons. The fraction of sp³-hybridized carbons (Fsp3) is 0.300. The van der Waals surface area contributed by atoms with Crippen LogP contribution in [0.2, 0.25) is 0 Å². The molecule has 0 aliphatic rings. The zero-order valence-corrected chi connectivity index (χ0v) is 8.52. The van der Waals surface area contributed by atoms with Gasteiger partial charge in [-0.25, -0.2) is 4.98 Å². The van der Waals surface area contributed by atoms with Gasteiger partial charge in [0.2, 0.25) is 0 Å². The summed E-state index contributed by atoms with van der Waals surface area (Å²) in [5.74, 6) is 4.76. The van der Waals surface area contributed by atoms with Crippen molar-refractivity contribution in [3.8, 4) is 11.8 Å². The number of halogens is 3.